The summed E-state index contributed by atoms with van der Waals surface area (Å²) in [7, 11) is 0. The summed E-state index contributed by atoms with van der Waals surface area (Å²) in [5, 5.41) is 8.90. The highest BCUT2D eigenvalue weighted by molar-refractivity contribution is 5.63. The maximum Gasteiger partial charge on any atom is 0.0894 e. The highest BCUT2D eigenvalue weighted by Crippen LogP contribution is 1.99. The van der Waals surface area contributed by atoms with Crippen molar-refractivity contribution < 1.29 is 5.11 Å². The maximum absolute atomic E-state index is 8.90. The Labute approximate surface area is 48.6 Å². The van der Waals surface area contributed by atoms with Gasteiger partial charge < -0.3 is 5.11 Å². The van der Waals surface area contributed by atoms with E-state index in [0.717, 1.165) is 12.8 Å². The van der Waals surface area contributed by atoms with E-state index in [1.165, 1.54) is 0 Å². The first-order valence-corrected chi connectivity index (χ1v) is 2.76. The minimum absolute atomic E-state index is 0.329. The van der Waals surface area contributed by atoms with Crippen LogP contribution in [0.3, 0.4) is 0 Å². The smallest absolute Gasteiger partial charge is 0.0894 e. The standard InChI is InChI=1S/C6H9NO/c8-6-3-1-2-4-7-5-6/h2,4-6,8H,1,3H2. The van der Waals surface area contributed by atoms with Crippen molar-refractivity contribution in [1.82, 2.24) is 0 Å². The zero-order valence-electron chi connectivity index (χ0n) is 4.62. The molecule has 0 aromatic rings. The fourth-order valence-corrected chi connectivity index (χ4v) is 0.626. The van der Waals surface area contributed by atoms with Crippen LogP contribution in [-0.2, 0) is 0 Å². The van der Waals surface area contributed by atoms with Gasteiger partial charge in [-0.25, -0.2) is 0 Å². The third-order valence-corrected chi connectivity index (χ3v) is 1.08. The lowest BCUT2D eigenvalue weighted by atomic mass is 10.2. The van der Waals surface area contributed by atoms with Gasteiger partial charge in [0.1, 0.15) is 0 Å². The Morgan fingerprint density at radius 2 is 2.50 bits per heavy atom. The van der Waals surface area contributed by atoms with Crippen LogP contribution in [0.15, 0.2) is 17.3 Å². The van der Waals surface area contributed by atoms with Crippen LogP contribution in [0.1, 0.15) is 12.8 Å². The number of aliphatic imine (C=N–C) groups is 1. The number of rotatable bonds is 0. The quantitative estimate of drug-likeness (QED) is 0.491. The van der Waals surface area contributed by atoms with E-state index in [1.807, 2.05) is 6.08 Å². The van der Waals surface area contributed by atoms with Gasteiger partial charge in [0.15, 0.2) is 0 Å². The summed E-state index contributed by atoms with van der Waals surface area (Å²) in [6.07, 6.45) is 6.64. The first-order chi connectivity index (χ1) is 3.89. The van der Waals surface area contributed by atoms with Crippen LogP contribution in [0.2, 0.25) is 0 Å². The van der Waals surface area contributed by atoms with Gasteiger partial charge in [-0.3, -0.25) is 4.99 Å². The molecule has 1 heterocycles. The SMILES string of the molecule is OC1C=NC=CCC1. The molecule has 0 aromatic heterocycles. The summed E-state index contributed by atoms with van der Waals surface area (Å²) in [4.78, 5) is 3.80. The number of aliphatic hydroxyl groups is 1. The lowest BCUT2D eigenvalue weighted by Gasteiger charge is -1.96. The topological polar surface area (TPSA) is 32.6 Å². The van der Waals surface area contributed by atoms with Crippen molar-refractivity contribution in [1.29, 1.82) is 0 Å². The third-order valence-electron chi connectivity index (χ3n) is 1.08. The van der Waals surface area contributed by atoms with E-state index in [0.29, 0.717) is 0 Å². The molecule has 0 amide bonds. The monoisotopic (exact) mass is 111 g/mol. The number of nitrogens with zero attached hydrogens (tertiary/aromatic N) is 1. The zero-order chi connectivity index (χ0) is 5.82. The second-order valence-corrected chi connectivity index (χ2v) is 1.83. The van der Waals surface area contributed by atoms with Gasteiger partial charge in [0, 0.05) is 12.4 Å². The fourth-order valence-electron chi connectivity index (χ4n) is 0.626. The molecule has 0 fully saturated rings. The van der Waals surface area contributed by atoms with Crippen LogP contribution in [0.25, 0.3) is 0 Å². The van der Waals surface area contributed by atoms with Crippen molar-refractivity contribution in [2.24, 2.45) is 4.99 Å². The van der Waals surface area contributed by atoms with Gasteiger partial charge in [-0.15, -0.1) is 0 Å². The van der Waals surface area contributed by atoms with E-state index in [1.54, 1.807) is 12.4 Å². The van der Waals surface area contributed by atoms with E-state index in [9.17, 15) is 0 Å². The highest BCUT2D eigenvalue weighted by Gasteiger charge is 1.97. The van der Waals surface area contributed by atoms with E-state index in [-0.39, 0.29) is 6.10 Å². The molecule has 8 heavy (non-hydrogen) atoms. The molecule has 0 aromatic carbocycles. The number of hydrogen-bond donors (Lipinski definition) is 1. The molecular weight excluding hydrogens is 102 g/mol. The van der Waals surface area contributed by atoms with Crippen LogP contribution >= 0.6 is 0 Å². The molecule has 0 saturated carbocycles. The minimum Gasteiger partial charge on any atom is -0.387 e. The van der Waals surface area contributed by atoms with Crippen molar-refractivity contribution in [3.63, 3.8) is 0 Å². The molecule has 44 valence electrons. The maximum atomic E-state index is 8.90. The molecule has 0 saturated heterocycles. The van der Waals surface area contributed by atoms with Gasteiger partial charge in [0.05, 0.1) is 6.10 Å². The molecule has 1 N–H and O–H groups in total. The summed E-state index contributed by atoms with van der Waals surface area (Å²) in [5.74, 6) is 0. The van der Waals surface area contributed by atoms with Crippen molar-refractivity contribution in [2.45, 2.75) is 18.9 Å². The lowest BCUT2D eigenvalue weighted by molar-refractivity contribution is 0.238. The largest absolute Gasteiger partial charge is 0.387 e. The molecule has 1 aliphatic heterocycles. The predicted molar refractivity (Wildman–Crippen MR) is 32.9 cm³/mol. The molecule has 1 aliphatic rings. The Kier molecular flexibility index (Phi) is 1.80. The summed E-state index contributed by atoms with van der Waals surface area (Å²) >= 11 is 0. The molecule has 0 aliphatic carbocycles. The first kappa shape index (κ1) is 5.51. The Bertz CT molecular complexity index is 118. The predicted octanol–water partition coefficient (Wildman–Crippen LogP) is 0.726. The van der Waals surface area contributed by atoms with Crippen LogP contribution < -0.4 is 0 Å². The molecule has 1 rings (SSSR count). The molecule has 0 bridgehead atoms. The second kappa shape index (κ2) is 2.62. The minimum atomic E-state index is -0.329. The first-order valence-electron chi connectivity index (χ1n) is 2.76. The Balaban J connectivity index is 2.46. The van der Waals surface area contributed by atoms with Crippen molar-refractivity contribution in [3.05, 3.63) is 12.3 Å². The van der Waals surface area contributed by atoms with Gasteiger partial charge in [-0.05, 0) is 12.8 Å². The van der Waals surface area contributed by atoms with E-state index < -0.39 is 0 Å². The Morgan fingerprint density at radius 1 is 1.62 bits per heavy atom. The third kappa shape index (κ3) is 1.46. The highest BCUT2D eigenvalue weighted by atomic mass is 16.3. The average molecular weight is 111 g/mol. The normalized spacial score (nSPS) is 27.9. The summed E-state index contributed by atoms with van der Waals surface area (Å²) in [5.41, 5.74) is 0. The van der Waals surface area contributed by atoms with Gasteiger partial charge in [0.25, 0.3) is 0 Å². The van der Waals surface area contributed by atoms with E-state index in [4.69, 9.17) is 5.11 Å². The second-order valence-electron chi connectivity index (χ2n) is 1.83. The molecular formula is C6H9NO. The Morgan fingerprint density at radius 3 is 3.38 bits per heavy atom. The van der Waals surface area contributed by atoms with Crippen LogP contribution in [0.5, 0.6) is 0 Å². The van der Waals surface area contributed by atoms with Gasteiger partial charge in [-0.1, -0.05) is 6.08 Å². The van der Waals surface area contributed by atoms with Gasteiger partial charge in [0.2, 0.25) is 0 Å². The lowest BCUT2D eigenvalue weighted by Crippen LogP contribution is -2.05. The van der Waals surface area contributed by atoms with Gasteiger partial charge >= 0.3 is 0 Å². The number of allylic oxidation sites excluding steroid dienone is 1. The van der Waals surface area contributed by atoms with Crippen molar-refractivity contribution in [2.75, 3.05) is 0 Å². The zero-order valence-corrected chi connectivity index (χ0v) is 4.62. The molecule has 0 radical (unpaired) electrons. The Hall–Kier alpha value is -0.630. The van der Waals surface area contributed by atoms with E-state index in [2.05, 4.69) is 4.99 Å². The molecule has 0 spiro atoms. The van der Waals surface area contributed by atoms with Crippen LogP contribution in [0, 0.1) is 0 Å². The van der Waals surface area contributed by atoms with Crippen LogP contribution in [0.4, 0.5) is 0 Å². The average Bonchev–Trinajstić information content (AvgIpc) is 1.94. The molecule has 1 unspecified atom stereocenters. The van der Waals surface area contributed by atoms with E-state index >= 15 is 0 Å². The molecule has 2 nitrogen and oxygen atoms in total. The number of aliphatic hydroxyl groups excluding tert-OH is 1. The summed E-state index contributed by atoms with van der Waals surface area (Å²) in [6.45, 7) is 0. The van der Waals surface area contributed by atoms with Crippen molar-refractivity contribution in [3.8, 4) is 0 Å². The van der Waals surface area contributed by atoms with Crippen LogP contribution in [-0.4, -0.2) is 17.4 Å². The summed E-state index contributed by atoms with van der Waals surface area (Å²) < 4.78 is 0. The fraction of sp³-hybridized carbons (Fsp3) is 0.500. The van der Waals surface area contributed by atoms with Gasteiger partial charge in [-0.2, -0.15) is 0 Å². The number of hydrogen-bond acceptors (Lipinski definition) is 2. The van der Waals surface area contributed by atoms with Crippen molar-refractivity contribution >= 4 is 6.21 Å². The summed E-state index contributed by atoms with van der Waals surface area (Å²) in [6, 6.07) is 0. The molecule has 1 atom stereocenters. The molecule has 2 heteroatoms.